The summed E-state index contributed by atoms with van der Waals surface area (Å²) >= 11 is 0. The molecule has 1 aliphatic rings. The number of nitrogens with zero attached hydrogens (tertiary/aromatic N) is 3. The highest BCUT2D eigenvalue weighted by atomic mass is 16.5. The third-order valence-corrected chi connectivity index (χ3v) is 4.33. The maximum atomic E-state index is 12.6. The normalized spacial score (nSPS) is 15.3. The molecule has 1 aromatic carbocycles. The summed E-state index contributed by atoms with van der Waals surface area (Å²) in [5, 5.41) is 4.17. The maximum Gasteiger partial charge on any atom is 0.272 e. The Kier molecular flexibility index (Phi) is 5.03. The van der Waals surface area contributed by atoms with Crippen molar-refractivity contribution in [1.82, 2.24) is 14.7 Å². The van der Waals surface area contributed by atoms with Crippen molar-refractivity contribution in [1.29, 1.82) is 0 Å². The first kappa shape index (κ1) is 16.4. The van der Waals surface area contributed by atoms with Crippen molar-refractivity contribution < 1.29 is 14.3 Å². The molecule has 0 atom stereocenters. The Morgan fingerprint density at radius 1 is 1.21 bits per heavy atom. The zero-order valence-corrected chi connectivity index (χ0v) is 14.1. The largest absolute Gasteiger partial charge is 0.493 e. The van der Waals surface area contributed by atoms with E-state index in [4.69, 9.17) is 9.47 Å². The van der Waals surface area contributed by atoms with Gasteiger partial charge in [-0.15, -0.1) is 0 Å². The molecule has 0 radical (unpaired) electrons. The standard InChI is InChI=1S/C18H23N3O3/c1-3-21-15(8-11-19-21)18(22)20-12-9-14(10-13-20)24-17-7-5-4-6-16(17)23-2/h4-8,11,14H,3,9-10,12-13H2,1-2H3. The maximum absolute atomic E-state index is 12.6. The topological polar surface area (TPSA) is 56.6 Å². The SMILES string of the molecule is CCn1nccc1C(=O)N1CCC(Oc2ccccc2OC)CC1. The first-order chi connectivity index (χ1) is 11.7. The van der Waals surface area contributed by atoms with E-state index >= 15 is 0 Å². The second-order valence-electron chi connectivity index (χ2n) is 5.79. The number of methoxy groups -OCH3 is 1. The number of aromatic nitrogens is 2. The fraction of sp³-hybridized carbons (Fsp3) is 0.444. The highest BCUT2D eigenvalue weighted by molar-refractivity contribution is 5.92. The summed E-state index contributed by atoms with van der Waals surface area (Å²) in [5.41, 5.74) is 0.654. The molecule has 2 aromatic rings. The van der Waals surface area contributed by atoms with Crippen LogP contribution >= 0.6 is 0 Å². The Labute approximate surface area is 142 Å². The Bertz CT molecular complexity index is 690. The molecule has 6 heteroatoms. The van der Waals surface area contributed by atoms with E-state index in [1.54, 1.807) is 24.1 Å². The lowest BCUT2D eigenvalue weighted by atomic mass is 10.1. The average Bonchev–Trinajstić information content (AvgIpc) is 3.11. The number of carbonyl (C=O) groups is 1. The van der Waals surface area contributed by atoms with E-state index < -0.39 is 0 Å². The van der Waals surface area contributed by atoms with Gasteiger partial charge in [-0.2, -0.15) is 5.10 Å². The summed E-state index contributed by atoms with van der Waals surface area (Å²) in [6, 6.07) is 9.44. The Balaban J connectivity index is 1.59. The van der Waals surface area contributed by atoms with Crippen molar-refractivity contribution in [3.63, 3.8) is 0 Å². The van der Waals surface area contributed by atoms with Crippen molar-refractivity contribution in [2.24, 2.45) is 0 Å². The van der Waals surface area contributed by atoms with Crippen LogP contribution in [0.25, 0.3) is 0 Å². The van der Waals surface area contributed by atoms with Gasteiger partial charge >= 0.3 is 0 Å². The second kappa shape index (κ2) is 7.38. The van der Waals surface area contributed by atoms with Crippen LogP contribution in [0.3, 0.4) is 0 Å². The molecule has 1 fully saturated rings. The van der Waals surface area contributed by atoms with Crippen LogP contribution in [0.5, 0.6) is 11.5 Å². The lowest BCUT2D eigenvalue weighted by molar-refractivity contribution is 0.0579. The van der Waals surface area contributed by atoms with Gasteiger partial charge in [0.2, 0.25) is 0 Å². The molecule has 0 unspecified atom stereocenters. The first-order valence-electron chi connectivity index (χ1n) is 8.33. The number of amides is 1. The molecular weight excluding hydrogens is 306 g/mol. The summed E-state index contributed by atoms with van der Waals surface area (Å²) in [6.07, 6.45) is 3.39. The van der Waals surface area contributed by atoms with Crippen LogP contribution in [0.4, 0.5) is 0 Å². The van der Waals surface area contributed by atoms with Crippen molar-refractivity contribution in [2.75, 3.05) is 20.2 Å². The van der Waals surface area contributed by atoms with E-state index in [0.29, 0.717) is 25.3 Å². The van der Waals surface area contributed by atoms with Crippen molar-refractivity contribution in [3.8, 4) is 11.5 Å². The lowest BCUT2D eigenvalue weighted by Crippen LogP contribution is -2.42. The van der Waals surface area contributed by atoms with Crippen LogP contribution in [0.15, 0.2) is 36.5 Å². The zero-order chi connectivity index (χ0) is 16.9. The molecule has 2 heterocycles. The Morgan fingerprint density at radius 2 is 1.92 bits per heavy atom. The quantitative estimate of drug-likeness (QED) is 0.846. The van der Waals surface area contributed by atoms with E-state index in [1.807, 2.05) is 36.1 Å². The highest BCUT2D eigenvalue weighted by Gasteiger charge is 2.26. The number of hydrogen-bond acceptors (Lipinski definition) is 4. The van der Waals surface area contributed by atoms with Gasteiger partial charge in [-0.25, -0.2) is 0 Å². The second-order valence-corrected chi connectivity index (χ2v) is 5.79. The summed E-state index contributed by atoms with van der Waals surface area (Å²) < 4.78 is 13.1. The van der Waals surface area contributed by atoms with E-state index in [0.717, 1.165) is 24.3 Å². The fourth-order valence-electron chi connectivity index (χ4n) is 3.00. The average molecular weight is 329 g/mol. The van der Waals surface area contributed by atoms with Gasteiger partial charge in [0, 0.05) is 38.7 Å². The van der Waals surface area contributed by atoms with Gasteiger partial charge in [0.25, 0.3) is 5.91 Å². The van der Waals surface area contributed by atoms with Gasteiger partial charge in [-0.05, 0) is 25.1 Å². The molecule has 1 aliphatic heterocycles. The van der Waals surface area contributed by atoms with Gasteiger partial charge in [0.15, 0.2) is 11.5 Å². The summed E-state index contributed by atoms with van der Waals surface area (Å²) in [6.45, 7) is 4.06. The number of para-hydroxylation sites is 2. The zero-order valence-electron chi connectivity index (χ0n) is 14.1. The number of benzene rings is 1. The molecule has 0 saturated carbocycles. The molecule has 0 N–H and O–H groups in total. The fourth-order valence-corrected chi connectivity index (χ4v) is 3.00. The smallest absolute Gasteiger partial charge is 0.272 e. The van der Waals surface area contributed by atoms with Crippen LogP contribution in [0.2, 0.25) is 0 Å². The number of carbonyl (C=O) groups excluding carboxylic acids is 1. The van der Waals surface area contributed by atoms with Gasteiger partial charge in [-0.1, -0.05) is 12.1 Å². The molecule has 1 saturated heterocycles. The molecule has 1 aromatic heterocycles. The van der Waals surface area contributed by atoms with Crippen LogP contribution in [-0.2, 0) is 6.54 Å². The minimum Gasteiger partial charge on any atom is -0.493 e. The van der Waals surface area contributed by atoms with E-state index in [-0.39, 0.29) is 12.0 Å². The highest BCUT2D eigenvalue weighted by Crippen LogP contribution is 2.29. The van der Waals surface area contributed by atoms with Crippen LogP contribution in [0.1, 0.15) is 30.3 Å². The lowest BCUT2D eigenvalue weighted by Gasteiger charge is -2.32. The molecule has 3 rings (SSSR count). The third kappa shape index (κ3) is 3.37. The molecule has 6 nitrogen and oxygen atoms in total. The first-order valence-corrected chi connectivity index (χ1v) is 8.33. The molecule has 0 bridgehead atoms. The number of aryl methyl sites for hydroxylation is 1. The predicted octanol–water partition coefficient (Wildman–Crippen LogP) is 2.60. The van der Waals surface area contributed by atoms with Gasteiger partial charge in [-0.3, -0.25) is 9.48 Å². The molecule has 0 aliphatic carbocycles. The minimum absolute atomic E-state index is 0.0464. The van der Waals surface area contributed by atoms with E-state index in [9.17, 15) is 4.79 Å². The molecular formula is C18H23N3O3. The molecule has 0 spiro atoms. The van der Waals surface area contributed by atoms with Gasteiger partial charge in [0.1, 0.15) is 11.8 Å². The number of hydrogen-bond donors (Lipinski definition) is 0. The van der Waals surface area contributed by atoms with Gasteiger partial charge < -0.3 is 14.4 Å². The number of likely N-dealkylation sites (tertiary alicyclic amines) is 1. The molecule has 24 heavy (non-hydrogen) atoms. The summed E-state index contributed by atoms with van der Waals surface area (Å²) in [7, 11) is 1.64. The molecule has 128 valence electrons. The Morgan fingerprint density at radius 3 is 2.58 bits per heavy atom. The van der Waals surface area contributed by atoms with Crippen LogP contribution < -0.4 is 9.47 Å². The minimum atomic E-state index is 0.0464. The van der Waals surface area contributed by atoms with Crippen LogP contribution in [0, 0.1) is 0 Å². The van der Waals surface area contributed by atoms with Crippen LogP contribution in [-0.4, -0.2) is 46.9 Å². The van der Waals surface area contributed by atoms with Crippen molar-refractivity contribution in [2.45, 2.75) is 32.4 Å². The predicted molar refractivity (Wildman–Crippen MR) is 90.4 cm³/mol. The van der Waals surface area contributed by atoms with E-state index in [2.05, 4.69) is 5.10 Å². The summed E-state index contributed by atoms with van der Waals surface area (Å²) in [5.74, 6) is 1.54. The number of piperidine rings is 1. The number of rotatable bonds is 5. The van der Waals surface area contributed by atoms with E-state index in [1.165, 1.54) is 0 Å². The Hall–Kier alpha value is -2.50. The molecule has 1 amide bonds. The number of ether oxygens (including phenoxy) is 2. The van der Waals surface area contributed by atoms with Crippen molar-refractivity contribution >= 4 is 5.91 Å². The van der Waals surface area contributed by atoms with Gasteiger partial charge in [0.05, 0.1) is 7.11 Å². The summed E-state index contributed by atoms with van der Waals surface area (Å²) in [4.78, 5) is 14.5. The third-order valence-electron chi connectivity index (χ3n) is 4.33. The van der Waals surface area contributed by atoms with Crippen molar-refractivity contribution in [3.05, 3.63) is 42.2 Å². The monoisotopic (exact) mass is 329 g/mol.